The fraction of sp³-hybridized carbons (Fsp3) is 0.611. The number of fused-ring (bicyclic) bond motifs is 2. The lowest BCUT2D eigenvalue weighted by Gasteiger charge is -2.27. The van der Waals surface area contributed by atoms with E-state index in [1.807, 2.05) is 6.07 Å². The molecule has 2 saturated carbocycles. The Morgan fingerprint density at radius 3 is 2.57 bits per heavy atom. The number of hydrogen-bond donors (Lipinski definition) is 2. The minimum atomic E-state index is -0.0896. The summed E-state index contributed by atoms with van der Waals surface area (Å²) in [5.74, 6) is 3.48. The second kappa shape index (κ2) is 5.95. The standard InChI is InChI=1S/C18H24N2O3/c1-22-15-5-4-12(14-9-19-18(21)20-10-14)8-17(15)23-16-7-11-2-3-13(16)6-11/h4-5,8,11,13-14,16H,2-3,6-7,9-10H2,1H3,(H2,19,20,21)/t11?,13-,16?/m0/s1. The number of rotatable bonds is 4. The van der Waals surface area contributed by atoms with Crippen molar-refractivity contribution in [2.75, 3.05) is 20.2 Å². The van der Waals surface area contributed by atoms with Gasteiger partial charge in [0.1, 0.15) is 6.10 Å². The van der Waals surface area contributed by atoms with Crippen molar-refractivity contribution in [3.63, 3.8) is 0 Å². The summed E-state index contributed by atoms with van der Waals surface area (Å²) in [6, 6.07) is 6.05. The summed E-state index contributed by atoms with van der Waals surface area (Å²) < 4.78 is 11.8. The zero-order valence-corrected chi connectivity index (χ0v) is 13.5. The second-order valence-electron chi connectivity index (χ2n) is 7.03. The van der Waals surface area contributed by atoms with Crippen LogP contribution in [0.4, 0.5) is 4.79 Å². The Labute approximate surface area is 136 Å². The van der Waals surface area contributed by atoms with E-state index in [0.29, 0.717) is 25.1 Å². The molecule has 1 aromatic rings. The molecule has 0 radical (unpaired) electrons. The SMILES string of the molecule is COc1ccc(C2CNC(=O)NC2)cc1OC1CC2CC[C@H]1C2. The fourth-order valence-electron chi connectivity index (χ4n) is 4.34. The van der Waals surface area contributed by atoms with Gasteiger partial charge in [-0.05, 0) is 55.2 Å². The minimum Gasteiger partial charge on any atom is -0.493 e. The molecule has 0 spiro atoms. The summed E-state index contributed by atoms with van der Waals surface area (Å²) in [7, 11) is 1.69. The van der Waals surface area contributed by atoms with E-state index in [1.165, 1.54) is 31.2 Å². The fourth-order valence-corrected chi connectivity index (χ4v) is 4.34. The lowest BCUT2D eigenvalue weighted by Crippen LogP contribution is -2.47. The molecule has 2 amide bonds. The Balaban J connectivity index is 1.52. The van der Waals surface area contributed by atoms with Gasteiger partial charge < -0.3 is 20.1 Å². The maximum absolute atomic E-state index is 11.2. The van der Waals surface area contributed by atoms with Gasteiger partial charge in [-0.15, -0.1) is 0 Å². The van der Waals surface area contributed by atoms with Gasteiger partial charge in [-0.1, -0.05) is 6.07 Å². The van der Waals surface area contributed by atoms with E-state index in [4.69, 9.17) is 9.47 Å². The number of urea groups is 1. The van der Waals surface area contributed by atoms with Gasteiger partial charge >= 0.3 is 6.03 Å². The average Bonchev–Trinajstić information content (AvgIpc) is 3.18. The largest absolute Gasteiger partial charge is 0.493 e. The lowest BCUT2D eigenvalue weighted by molar-refractivity contribution is 0.133. The molecule has 2 unspecified atom stereocenters. The highest BCUT2D eigenvalue weighted by atomic mass is 16.5. The van der Waals surface area contributed by atoms with Crippen LogP contribution in [0.3, 0.4) is 0 Å². The Bertz CT molecular complexity index is 594. The zero-order chi connectivity index (χ0) is 15.8. The first kappa shape index (κ1) is 14.7. The molecule has 0 aromatic heterocycles. The number of methoxy groups -OCH3 is 1. The summed E-state index contributed by atoms with van der Waals surface area (Å²) in [5, 5.41) is 5.70. The van der Waals surface area contributed by atoms with Crippen LogP contribution in [0.15, 0.2) is 18.2 Å². The first-order valence-electron chi connectivity index (χ1n) is 8.59. The summed E-state index contributed by atoms with van der Waals surface area (Å²) in [4.78, 5) is 11.2. The van der Waals surface area contributed by atoms with E-state index < -0.39 is 0 Å². The van der Waals surface area contributed by atoms with Gasteiger partial charge in [0.05, 0.1) is 7.11 Å². The van der Waals surface area contributed by atoms with Crippen molar-refractivity contribution in [3.8, 4) is 11.5 Å². The first-order valence-corrected chi connectivity index (χ1v) is 8.59. The molecule has 3 atom stereocenters. The van der Waals surface area contributed by atoms with Crippen LogP contribution in [0.2, 0.25) is 0 Å². The molecule has 2 bridgehead atoms. The number of benzene rings is 1. The van der Waals surface area contributed by atoms with Crippen molar-refractivity contribution in [1.29, 1.82) is 0 Å². The normalized spacial score (nSPS) is 30.0. The highest BCUT2D eigenvalue weighted by Crippen LogP contribution is 2.47. The van der Waals surface area contributed by atoms with Crippen LogP contribution in [0.25, 0.3) is 0 Å². The van der Waals surface area contributed by atoms with E-state index in [9.17, 15) is 4.79 Å². The molecule has 1 aromatic carbocycles. The number of nitrogens with one attached hydrogen (secondary N) is 2. The Hall–Kier alpha value is -1.91. The van der Waals surface area contributed by atoms with Crippen molar-refractivity contribution in [1.82, 2.24) is 10.6 Å². The smallest absolute Gasteiger partial charge is 0.314 e. The van der Waals surface area contributed by atoms with E-state index in [-0.39, 0.29) is 11.9 Å². The Morgan fingerprint density at radius 1 is 1.09 bits per heavy atom. The van der Waals surface area contributed by atoms with Crippen molar-refractivity contribution in [3.05, 3.63) is 23.8 Å². The van der Waals surface area contributed by atoms with Crippen molar-refractivity contribution < 1.29 is 14.3 Å². The maximum atomic E-state index is 11.2. The molecule has 1 aliphatic heterocycles. The molecular formula is C18H24N2O3. The third-order valence-electron chi connectivity index (χ3n) is 5.63. The van der Waals surface area contributed by atoms with Gasteiger partial charge in [0.2, 0.25) is 0 Å². The number of hydrogen-bond acceptors (Lipinski definition) is 3. The number of ether oxygens (including phenoxy) is 2. The van der Waals surface area contributed by atoms with Crippen LogP contribution >= 0.6 is 0 Å². The highest BCUT2D eigenvalue weighted by molar-refractivity contribution is 5.75. The third-order valence-corrected chi connectivity index (χ3v) is 5.63. The average molecular weight is 316 g/mol. The predicted octanol–water partition coefficient (Wildman–Crippen LogP) is 2.66. The first-order chi connectivity index (χ1) is 11.2. The molecule has 3 aliphatic rings. The lowest BCUT2D eigenvalue weighted by atomic mass is 9.96. The molecular weight excluding hydrogens is 292 g/mol. The molecule has 3 fully saturated rings. The van der Waals surface area contributed by atoms with E-state index >= 15 is 0 Å². The van der Waals surface area contributed by atoms with E-state index in [0.717, 1.165) is 17.4 Å². The topological polar surface area (TPSA) is 59.6 Å². The molecule has 124 valence electrons. The summed E-state index contributed by atoms with van der Waals surface area (Å²) in [6.07, 6.45) is 5.51. The minimum absolute atomic E-state index is 0.0896. The van der Waals surface area contributed by atoms with Gasteiger partial charge in [-0.2, -0.15) is 0 Å². The Morgan fingerprint density at radius 2 is 1.91 bits per heavy atom. The number of carbonyl (C=O) groups is 1. The Kier molecular flexibility index (Phi) is 3.79. The van der Waals surface area contributed by atoms with Gasteiger partial charge in [0.25, 0.3) is 0 Å². The monoisotopic (exact) mass is 316 g/mol. The van der Waals surface area contributed by atoms with Gasteiger partial charge in [-0.25, -0.2) is 4.79 Å². The molecule has 1 saturated heterocycles. The molecule has 23 heavy (non-hydrogen) atoms. The number of carbonyl (C=O) groups excluding carboxylic acids is 1. The van der Waals surface area contributed by atoms with Crippen LogP contribution in [-0.2, 0) is 0 Å². The van der Waals surface area contributed by atoms with Crippen molar-refractivity contribution in [2.24, 2.45) is 11.8 Å². The van der Waals surface area contributed by atoms with Crippen LogP contribution in [0.5, 0.6) is 11.5 Å². The predicted molar refractivity (Wildman–Crippen MR) is 87.0 cm³/mol. The summed E-state index contributed by atoms with van der Waals surface area (Å²) >= 11 is 0. The van der Waals surface area contributed by atoms with E-state index in [2.05, 4.69) is 22.8 Å². The van der Waals surface area contributed by atoms with Crippen molar-refractivity contribution >= 4 is 6.03 Å². The zero-order valence-electron chi connectivity index (χ0n) is 13.5. The van der Waals surface area contributed by atoms with Crippen LogP contribution < -0.4 is 20.1 Å². The molecule has 2 N–H and O–H groups in total. The van der Waals surface area contributed by atoms with E-state index in [1.54, 1.807) is 7.11 Å². The molecule has 5 heteroatoms. The molecule has 4 rings (SSSR count). The van der Waals surface area contributed by atoms with Crippen molar-refractivity contribution in [2.45, 2.75) is 37.7 Å². The van der Waals surface area contributed by atoms with Crippen LogP contribution in [0.1, 0.15) is 37.2 Å². The summed E-state index contributed by atoms with van der Waals surface area (Å²) in [6.45, 7) is 1.32. The van der Waals surface area contributed by atoms with Gasteiger partial charge in [0.15, 0.2) is 11.5 Å². The maximum Gasteiger partial charge on any atom is 0.314 e. The molecule has 2 aliphatic carbocycles. The third kappa shape index (κ3) is 2.84. The van der Waals surface area contributed by atoms with Crippen LogP contribution in [-0.4, -0.2) is 32.3 Å². The number of amides is 2. The van der Waals surface area contributed by atoms with Gasteiger partial charge in [-0.3, -0.25) is 0 Å². The van der Waals surface area contributed by atoms with Gasteiger partial charge in [0, 0.05) is 19.0 Å². The molecule has 1 heterocycles. The quantitative estimate of drug-likeness (QED) is 0.898. The van der Waals surface area contributed by atoms with Crippen LogP contribution in [0, 0.1) is 11.8 Å². The highest BCUT2D eigenvalue weighted by Gasteiger charge is 2.41. The molecule has 5 nitrogen and oxygen atoms in total. The second-order valence-corrected chi connectivity index (χ2v) is 7.03. The summed E-state index contributed by atoms with van der Waals surface area (Å²) in [5.41, 5.74) is 1.18.